The Morgan fingerprint density at radius 1 is 1.38 bits per heavy atom. The van der Waals surface area contributed by atoms with E-state index in [1.807, 2.05) is 0 Å². The SMILES string of the molecule is N=[C]=[Re]([Cl])(=[C]=N)=[C]=O. The first-order valence-corrected chi connectivity index (χ1v) is 8.85. The summed E-state index contributed by atoms with van der Waals surface area (Å²) in [7, 11) is 5.27. The van der Waals surface area contributed by atoms with E-state index in [9.17, 15) is 4.79 Å². The van der Waals surface area contributed by atoms with Crippen LogP contribution in [0.4, 0.5) is 0 Å². The zero-order chi connectivity index (χ0) is 6.62. The van der Waals surface area contributed by atoms with Crippen LogP contribution in [0.1, 0.15) is 0 Å². The van der Waals surface area contributed by atoms with Gasteiger partial charge in [-0.2, -0.15) is 0 Å². The molecule has 0 aromatic carbocycles. The fourth-order valence-corrected chi connectivity index (χ4v) is 0.509. The van der Waals surface area contributed by atoms with Crippen molar-refractivity contribution in [3.05, 3.63) is 0 Å². The van der Waals surface area contributed by atoms with Gasteiger partial charge in [0.05, 0.1) is 0 Å². The Morgan fingerprint density at radius 3 is 1.75 bits per heavy atom. The second-order valence-corrected chi connectivity index (χ2v) is 9.76. The van der Waals surface area contributed by atoms with Crippen molar-refractivity contribution in [1.29, 1.82) is 10.8 Å². The van der Waals surface area contributed by atoms with Crippen molar-refractivity contribution >= 4 is 22.4 Å². The molecular formula is C3H2ClN2ORe. The van der Waals surface area contributed by atoms with Crippen molar-refractivity contribution in [2.45, 2.75) is 0 Å². The van der Waals surface area contributed by atoms with E-state index in [0.717, 1.165) is 0 Å². The zero-order valence-electron chi connectivity index (χ0n) is 3.66. The molecular weight excluding hydrogens is 302 g/mol. The van der Waals surface area contributed by atoms with E-state index in [-0.39, 0.29) is 0 Å². The Bertz CT molecular complexity index is 278. The first kappa shape index (κ1) is 7.69. The molecule has 0 saturated carbocycles. The number of carbonyl (C=O) groups excluding carboxylic acids is 1. The minimum absolute atomic E-state index is 1.40. The first-order chi connectivity index (χ1) is 3.68. The predicted molar refractivity (Wildman–Crippen MR) is 27.0 cm³/mol. The molecule has 3 nitrogen and oxygen atoms in total. The molecule has 0 aliphatic heterocycles. The number of hydrogen-bond donors (Lipinski definition) is 2. The summed E-state index contributed by atoms with van der Waals surface area (Å²) < 4.78 is 4.94. The van der Waals surface area contributed by atoms with Crippen LogP contribution in [0.2, 0.25) is 0 Å². The van der Waals surface area contributed by atoms with E-state index in [1.165, 1.54) is 4.35 Å². The molecule has 0 heterocycles. The fourth-order valence-electron chi connectivity index (χ4n) is 0.0622. The van der Waals surface area contributed by atoms with Crippen molar-refractivity contribution in [3.63, 3.8) is 0 Å². The molecule has 0 aromatic rings. The third-order valence-electron chi connectivity index (χ3n) is 0.367. The van der Waals surface area contributed by atoms with Crippen LogP contribution in [-0.2, 0) is 17.9 Å². The number of hydrogen-bond acceptors (Lipinski definition) is 3. The van der Waals surface area contributed by atoms with Gasteiger partial charge in [0.15, 0.2) is 0 Å². The van der Waals surface area contributed by atoms with Crippen LogP contribution in [0.15, 0.2) is 0 Å². The number of nitrogens with one attached hydrogen (secondary N) is 2. The van der Waals surface area contributed by atoms with Crippen LogP contribution in [0.25, 0.3) is 0 Å². The van der Waals surface area contributed by atoms with E-state index in [4.69, 9.17) is 20.3 Å². The molecule has 0 bridgehead atoms. The van der Waals surface area contributed by atoms with E-state index >= 15 is 0 Å². The van der Waals surface area contributed by atoms with E-state index in [0.29, 0.717) is 0 Å². The molecule has 5 heteroatoms. The standard InChI is InChI=1S/2CHN.CO.ClH.Re/c3*1-2;;/h2*2H;;1H;/q;;;;+1/p-1. The van der Waals surface area contributed by atoms with Gasteiger partial charge in [0, 0.05) is 0 Å². The zero-order valence-corrected chi connectivity index (χ0v) is 7.14. The second-order valence-electron chi connectivity index (χ2n) is 0.764. The summed E-state index contributed by atoms with van der Waals surface area (Å²) in [6, 6.07) is 0. The molecule has 2 N–H and O–H groups in total. The summed E-state index contributed by atoms with van der Waals surface area (Å²) in [5.74, 6) is 0. The summed E-state index contributed by atoms with van der Waals surface area (Å²) in [5, 5.41) is 12.8. The van der Waals surface area contributed by atoms with Crippen LogP contribution in [-0.4, -0.2) is 12.9 Å². The van der Waals surface area contributed by atoms with E-state index in [1.54, 1.807) is 8.56 Å². The van der Waals surface area contributed by atoms with Gasteiger partial charge in [-0.1, -0.05) is 0 Å². The van der Waals surface area contributed by atoms with Gasteiger partial charge in [-0.15, -0.1) is 0 Å². The molecule has 0 spiro atoms. The molecule has 0 aliphatic rings. The molecule has 0 fully saturated rings. The van der Waals surface area contributed by atoms with Crippen LogP contribution < -0.4 is 0 Å². The maximum atomic E-state index is 9.76. The molecule has 0 atom stereocenters. The molecule has 0 aliphatic carbocycles. The van der Waals surface area contributed by atoms with Gasteiger partial charge in [0.1, 0.15) is 0 Å². The van der Waals surface area contributed by atoms with Gasteiger partial charge in [-0.25, -0.2) is 0 Å². The summed E-state index contributed by atoms with van der Waals surface area (Å²) in [4.78, 5) is 9.76. The summed E-state index contributed by atoms with van der Waals surface area (Å²) in [6.07, 6.45) is 0. The topological polar surface area (TPSA) is 64.8 Å². The van der Waals surface area contributed by atoms with Gasteiger partial charge in [-0.05, 0) is 0 Å². The van der Waals surface area contributed by atoms with Crippen molar-refractivity contribution in [1.82, 2.24) is 0 Å². The molecule has 0 radical (unpaired) electrons. The second kappa shape index (κ2) is 2.87. The summed E-state index contributed by atoms with van der Waals surface area (Å²) in [6.45, 7) is 0. The number of halogens is 1. The Labute approximate surface area is 51.5 Å². The van der Waals surface area contributed by atoms with E-state index < -0.39 is 13.1 Å². The van der Waals surface area contributed by atoms with Crippen LogP contribution in [0.3, 0.4) is 0 Å². The maximum absolute atomic E-state index is 9.76. The third kappa shape index (κ3) is 1.66. The quantitative estimate of drug-likeness (QED) is 0.622. The van der Waals surface area contributed by atoms with E-state index in [2.05, 4.69) is 0 Å². The van der Waals surface area contributed by atoms with Crippen LogP contribution in [0, 0.1) is 10.8 Å². The van der Waals surface area contributed by atoms with Crippen molar-refractivity contribution in [2.24, 2.45) is 0 Å². The number of rotatable bonds is 0. The normalized spacial score (nSPS) is 14.6. The molecule has 44 valence electrons. The molecule has 8 heavy (non-hydrogen) atoms. The Hall–Kier alpha value is -0.308. The fraction of sp³-hybridized carbons (Fsp3) is 0. The Morgan fingerprint density at radius 2 is 1.75 bits per heavy atom. The van der Waals surface area contributed by atoms with Crippen molar-refractivity contribution in [2.75, 3.05) is 0 Å². The van der Waals surface area contributed by atoms with Gasteiger partial charge in [-0.3, -0.25) is 0 Å². The van der Waals surface area contributed by atoms with Gasteiger partial charge in [0.2, 0.25) is 0 Å². The molecule has 0 aromatic heterocycles. The van der Waals surface area contributed by atoms with Gasteiger partial charge >= 0.3 is 51.2 Å². The predicted octanol–water partition coefficient (Wildman–Crippen LogP) is 0.329. The van der Waals surface area contributed by atoms with Gasteiger partial charge < -0.3 is 0 Å². The Kier molecular flexibility index (Phi) is 2.76. The van der Waals surface area contributed by atoms with Gasteiger partial charge in [0.25, 0.3) is 0 Å². The minimum atomic E-state index is -3.75. The molecule has 0 saturated heterocycles. The molecule has 0 rings (SSSR count). The average Bonchev–Trinajstić information content (AvgIpc) is 1.87. The molecule has 0 amide bonds. The molecule has 0 unspecified atom stereocenters. The monoisotopic (exact) mass is 304 g/mol. The van der Waals surface area contributed by atoms with Crippen LogP contribution in [0.5, 0.6) is 0 Å². The Balaban J connectivity index is 6.52. The first-order valence-electron chi connectivity index (χ1n) is 1.41. The van der Waals surface area contributed by atoms with Crippen molar-refractivity contribution in [3.8, 4) is 0 Å². The third-order valence-corrected chi connectivity index (χ3v) is 4.65. The summed E-state index contributed by atoms with van der Waals surface area (Å²) >= 11 is -3.75. The van der Waals surface area contributed by atoms with Crippen molar-refractivity contribution < 1.29 is 17.9 Å². The van der Waals surface area contributed by atoms with Crippen LogP contribution >= 0.6 is 9.53 Å². The summed E-state index contributed by atoms with van der Waals surface area (Å²) in [5.41, 5.74) is 0. The average molecular weight is 304 g/mol.